The number of carboxylic acids is 1. The van der Waals surface area contributed by atoms with Crippen LogP contribution in [0.5, 0.6) is 0 Å². The zero-order valence-electron chi connectivity index (χ0n) is 13.8. The Hall–Kier alpha value is -1.34. The Morgan fingerprint density at radius 1 is 1.36 bits per heavy atom. The molecule has 0 spiro atoms. The molecule has 0 aromatic carbocycles. The number of piperidine rings is 1. The minimum absolute atomic E-state index is 0.296. The first-order valence-electron chi connectivity index (χ1n) is 7.86. The molecule has 1 heterocycles. The van der Waals surface area contributed by atoms with E-state index in [0.29, 0.717) is 18.9 Å². The fraction of sp³-hybridized carbons (Fsp3) is 0.867. The Bertz CT molecular complexity index is 373. The molecule has 1 saturated heterocycles. The minimum Gasteiger partial charge on any atom is -0.480 e. The maximum absolute atomic E-state index is 11.7. The molecule has 7 nitrogen and oxygen atoms in total. The summed E-state index contributed by atoms with van der Waals surface area (Å²) in [7, 11) is 0. The highest BCUT2D eigenvalue weighted by Crippen LogP contribution is 2.22. The lowest BCUT2D eigenvalue weighted by molar-refractivity contribution is -0.140. The Morgan fingerprint density at radius 2 is 1.95 bits per heavy atom. The fourth-order valence-corrected chi connectivity index (χ4v) is 2.63. The van der Waals surface area contributed by atoms with E-state index in [-0.39, 0.29) is 0 Å². The van der Waals surface area contributed by atoms with Gasteiger partial charge in [0.25, 0.3) is 0 Å². The zero-order valence-corrected chi connectivity index (χ0v) is 13.8. The monoisotopic (exact) mass is 315 g/mol. The van der Waals surface area contributed by atoms with Gasteiger partial charge in [0, 0.05) is 13.1 Å². The van der Waals surface area contributed by atoms with E-state index in [1.165, 1.54) is 0 Å². The van der Waals surface area contributed by atoms with Crippen molar-refractivity contribution in [2.24, 2.45) is 11.7 Å². The van der Waals surface area contributed by atoms with Crippen molar-refractivity contribution in [2.75, 3.05) is 26.2 Å². The maximum Gasteiger partial charge on any atom is 0.408 e. The molecule has 0 aromatic heterocycles. The van der Waals surface area contributed by atoms with Gasteiger partial charge >= 0.3 is 12.1 Å². The Morgan fingerprint density at radius 3 is 2.41 bits per heavy atom. The van der Waals surface area contributed by atoms with Crippen molar-refractivity contribution in [3.63, 3.8) is 0 Å². The molecule has 0 radical (unpaired) electrons. The van der Waals surface area contributed by atoms with Crippen molar-refractivity contribution in [1.29, 1.82) is 0 Å². The van der Waals surface area contributed by atoms with E-state index >= 15 is 0 Å². The number of nitrogens with zero attached hydrogens (tertiary/aromatic N) is 1. The molecule has 1 aliphatic heterocycles. The van der Waals surface area contributed by atoms with E-state index in [4.69, 9.17) is 10.5 Å². The van der Waals surface area contributed by atoms with Crippen LogP contribution in [0.2, 0.25) is 0 Å². The number of aliphatic carboxylic acids is 1. The number of alkyl carbamates (subject to hydrolysis) is 1. The zero-order chi connectivity index (χ0) is 16.8. The van der Waals surface area contributed by atoms with Crippen molar-refractivity contribution in [1.82, 2.24) is 10.2 Å². The van der Waals surface area contributed by atoms with Crippen LogP contribution in [0.3, 0.4) is 0 Å². The number of rotatable bonds is 6. The van der Waals surface area contributed by atoms with Gasteiger partial charge in [-0.25, -0.2) is 9.59 Å². The van der Waals surface area contributed by atoms with Gasteiger partial charge in [0.15, 0.2) is 0 Å². The van der Waals surface area contributed by atoms with Crippen LogP contribution in [0.4, 0.5) is 4.79 Å². The van der Waals surface area contributed by atoms with Gasteiger partial charge in [0.05, 0.1) is 0 Å². The molecule has 22 heavy (non-hydrogen) atoms. The molecule has 128 valence electrons. The van der Waals surface area contributed by atoms with Crippen LogP contribution in [-0.4, -0.2) is 59.9 Å². The van der Waals surface area contributed by atoms with Crippen molar-refractivity contribution >= 4 is 12.1 Å². The summed E-state index contributed by atoms with van der Waals surface area (Å²) < 4.78 is 5.12. The van der Waals surface area contributed by atoms with Gasteiger partial charge in [-0.2, -0.15) is 0 Å². The first-order valence-corrected chi connectivity index (χ1v) is 7.86. The molecule has 1 fully saturated rings. The maximum atomic E-state index is 11.7. The number of nitrogens with one attached hydrogen (secondary N) is 1. The average molecular weight is 315 g/mol. The molecule has 7 heteroatoms. The number of amides is 1. The first-order chi connectivity index (χ1) is 10.2. The SMILES string of the molecule is CC(C)(C)OC(=O)N[C@@H](CC1CCN(CCN)CC1)C(=O)O. The summed E-state index contributed by atoms with van der Waals surface area (Å²) in [5, 5.41) is 11.8. The highest BCUT2D eigenvalue weighted by atomic mass is 16.6. The van der Waals surface area contributed by atoms with E-state index < -0.39 is 23.7 Å². The molecule has 4 N–H and O–H groups in total. The number of nitrogens with two attached hydrogens (primary N) is 1. The van der Waals surface area contributed by atoms with Gasteiger partial charge in [-0.15, -0.1) is 0 Å². The van der Waals surface area contributed by atoms with E-state index in [2.05, 4.69) is 10.2 Å². The third kappa shape index (κ3) is 7.09. The smallest absolute Gasteiger partial charge is 0.408 e. The Labute approximate surface area is 132 Å². The summed E-state index contributed by atoms with van der Waals surface area (Å²) >= 11 is 0. The molecule has 0 bridgehead atoms. The summed E-state index contributed by atoms with van der Waals surface area (Å²) in [6.07, 6.45) is 1.62. The van der Waals surface area contributed by atoms with Crippen LogP contribution in [0.25, 0.3) is 0 Å². The summed E-state index contributed by atoms with van der Waals surface area (Å²) in [4.78, 5) is 25.4. The molecule has 0 saturated carbocycles. The third-order valence-corrected chi connectivity index (χ3v) is 3.71. The quantitative estimate of drug-likeness (QED) is 0.676. The molecule has 0 aliphatic carbocycles. The number of ether oxygens (including phenoxy) is 1. The fourth-order valence-electron chi connectivity index (χ4n) is 2.63. The lowest BCUT2D eigenvalue weighted by Gasteiger charge is -2.32. The number of likely N-dealkylation sites (tertiary alicyclic amines) is 1. The summed E-state index contributed by atoms with van der Waals surface area (Å²) in [6, 6.07) is -0.902. The molecular weight excluding hydrogens is 286 g/mol. The number of hydrogen-bond acceptors (Lipinski definition) is 5. The van der Waals surface area contributed by atoms with Gasteiger partial charge in [-0.3, -0.25) is 0 Å². The third-order valence-electron chi connectivity index (χ3n) is 3.71. The van der Waals surface area contributed by atoms with Gasteiger partial charge in [-0.1, -0.05) is 0 Å². The van der Waals surface area contributed by atoms with Crippen molar-refractivity contribution < 1.29 is 19.4 Å². The minimum atomic E-state index is -1.02. The van der Waals surface area contributed by atoms with Crippen LogP contribution in [0, 0.1) is 5.92 Å². The summed E-state index contributed by atoms with van der Waals surface area (Å²) in [5.74, 6) is -0.722. The normalized spacial score (nSPS) is 18.7. The van der Waals surface area contributed by atoms with Gasteiger partial charge < -0.3 is 25.8 Å². The molecule has 0 aromatic rings. The topological polar surface area (TPSA) is 105 Å². The largest absolute Gasteiger partial charge is 0.480 e. The number of carbonyl (C=O) groups excluding carboxylic acids is 1. The molecule has 0 unspecified atom stereocenters. The second-order valence-corrected chi connectivity index (χ2v) is 6.85. The van der Waals surface area contributed by atoms with Crippen LogP contribution in [-0.2, 0) is 9.53 Å². The predicted octanol–water partition coefficient (Wildman–Crippen LogP) is 1.03. The van der Waals surface area contributed by atoms with Gasteiger partial charge in [0.2, 0.25) is 0 Å². The van der Waals surface area contributed by atoms with Crippen molar-refractivity contribution in [3.8, 4) is 0 Å². The number of hydrogen-bond donors (Lipinski definition) is 3. The summed E-state index contributed by atoms with van der Waals surface area (Å²) in [5.41, 5.74) is 4.90. The van der Waals surface area contributed by atoms with Gasteiger partial charge in [0.1, 0.15) is 11.6 Å². The van der Waals surface area contributed by atoms with Crippen LogP contribution in [0.1, 0.15) is 40.0 Å². The highest BCUT2D eigenvalue weighted by Gasteiger charge is 2.28. The Kier molecular flexibility index (Phi) is 7.09. The van der Waals surface area contributed by atoms with E-state index in [1.54, 1.807) is 20.8 Å². The molecule has 1 atom stereocenters. The van der Waals surface area contributed by atoms with Crippen molar-refractivity contribution in [3.05, 3.63) is 0 Å². The van der Waals surface area contributed by atoms with E-state index in [0.717, 1.165) is 32.5 Å². The van der Waals surface area contributed by atoms with Gasteiger partial charge in [-0.05, 0) is 59.0 Å². The average Bonchev–Trinajstić information content (AvgIpc) is 2.38. The van der Waals surface area contributed by atoms with E-state index in [9.17, 15) is 14.7 Å². The predicted molar refractivity (Wildman–Crippen MR) is 83.6 cm³/mol. The number of carbonyl (C=O) groups is 2. The second kappa shape index (κ2) is 8.33. The second-order valence-electron chi connectivity index (χ2n) is 6.85. The molecule has 1 amide bonds. The Balaban J connectivity index is 2.45. The van der Waals surface area contributed by atoms with Crippen LogP contribution < -0.4 is 11.1 Å². The lowest BCUT2D eigenvalue weighted by Crippen LogP contribution is -2.45. The highest BCUT2D eigenvalue weighted by molar-refractivity contribution is 5.80. The summed E-state index contributed by atoms with van der Waals surface area (Å²) in [6.45, 7) is 8.62. The van der Waals surface area contributed by atoms with Crippen LogP contribution in [0.15, 0.2) is 0 Å². The number of carboxylic acid groups (broad SMARTS) is 1. The molecular formula is C15H29N3O4. The van der Waals surface area contributed by atoms with E-state index in [1.807, 2.05) is 0 Å². The molecule has 1 aliphatic rings. The standard InChI is InChI=1S/C15H29N3O4/c1-15(2,3)22-14(21)17-12(13(19)20)10-11-4-7-18(8-5-11)9-6-16/h11-12H,4-10,16H2,1-3H3,(H,17,21)(H,19,20)/t12-/m0/s1. The van der Waals surface area contributed by atoms with Crippen molar-refractivity contribution in [2.45, 2.75) is 51.7 Å². The lowest BCUT2D eigenvalue weighted by atomic mass is 9.90. The van der Waals surface area contributed by atoms with Crippen LogP contribution >= 0.6 is 0 Å². The molecule has 1 rings (SSSR count). The first kappa shape index (κ1) is 18.7.